The monoisotopic (exact) mass is 357 g/mol. The molecule has 26 heavy (non-hydrogen) atoms. The maximum atomic E-state index is 15.4. The Morgan fingerprint density at radius 2 is 2.04 bits per heavy atom. The first kappa shape index (κ1) is 17.2. The zero-order chi connectivity index (χ0) is 18.3. The molecular formula is C21H21F2NO2. The summed E-state index contributed by atoms with van der Waals surface area (Å²) in [6, 6.07) is 9.86. The quantitative estimate of drug-likeness (QED) is 0.815. The molecule has 3 nitrogen and oxygen atoms in total. The third-order valence-electron chi connectivity index (χ3n) is 5.29. The van der Waals surface area contributed by atoms with Crippen LogP contribution < -0.4 is 0 Å². The summed E-state index contributed by atoms with van der Waals surface area (Å²) < 4.78 is 34.5. The van der Waals surface area contributed by atoms with E-state index in [1.54, 1.807) is 19.1 Å². The molecular weight excluding hydrogens is 336 g/mol. The van der Waals surface area contributed by atoms with E-state index < -0.39 is 11.5 Å². The second-order valence-electron chi connectivity index (χ2n) is 7.25. The van der Waals surface area contributed by atoms with Crippen LogP contribution in [0.4, 0.5) is 8.78 Å². The van der Waals surface area contributed by atoms with Gasteiger partial charge in [-0.1, -0.05) is 12.1 Å². The van der Waals surface area contributed by atoms with Crippen LogP contribution >= 0.6 is 0 Å². The molecule has 0 N–H and O–H groups in total. The third kappa shape index (κ3) is 3.12. The highest BCUT2D eigenvalue weighted by molar-refractivity contribution is 5.94. The lowest BCUT2D eigenvalue weighted by atomic mass is 9.93. The maximum absolute atomic E-state index is 15.4. The van der Waals surface area contributed by atoms with Crippen LogP contribution in [0.25, 0.3) is 0 Å². The molecule has 0 aromatic heterocycles. The van der Waals surface area contributed by atoms with Gasteiger partial charge in [-0.3, -0.25) is 4.79 Å². The van der Waals surface area contributed by atoms with E-state index in [9.17, 15) is 9.18 Å². The topological polar surface area (TPSA) is 29.5 Å². The van der Waals surface area contributed by atoms with Crippen molar-refractivity contribution in [2.45, 2.75) is 32.0 Å². The van der Waals surface area contributed by atoms with E-state index >= 15 is 4.39 Å². The molecule has 0 saturated carbocycles. The number of likely N-dealkylation sites (tertiary alicyclic amines) is 1. The van der Waals surface area contributed by atoms with Crippen molar-refractivity contribution >= 4 is 5.91 Å². The SMILES string of the molecule is Cc1cc(F)cc(C2(F)CCN(C(=O)c3ccc4c(c3)CCOC4)C2)c1. The van der Waals surface area contributed by atoms with Gasteiger partial charge in [-0.05, 0) is 59.9 Å². The first-order valence-corrected chi connectivity index (χ1v) is 8.90. The van der Waals surface area contributed by atoms with E-state index in [0.717, 1.165) is 17.5 Å². The van der Waals surface area contributed by atoms with Crippen LogP contribution in [0.1, 0.15) is 39.0 Å². The number of hydrogen-bond donors (Lipinski definition) is 0. The average Bonchev–Trinajstić information content (AvgIpc) is 3.03. The molecule has 136 valence electrons. The van der Waals surface area contributed by atoms with Gasteiger partial charge in [0.25, 0.3) is 5.91 Å². The number of hydrogen-bond acceptors (Lipinski definition) is 2. The first-order valence-electron chi connectivity index (χ1n) is 8.90. The molecule has 2 aromatic carbocycles. The minimum absolute atomic E-state index is 0.0467. The van der Waals surface area contributed by atoms with Crippen molar-refractivity contribution in [3.05, 3.63) is 70.0 Å². The Labute approximate surface area is 151 Å². The van der Waals surface area contributed by atoms with Crippen molar-refractivity contribution in [2.75, 3.05) is 19.7 Å². The lowest BCUT2D eigenvalue weighted by Gasteiger charge is -2.23. The smallest absolute Gasteiger partial charge is 0.253 e. The van der Waals surface area contributed by atoms with Crippen molar-refractivity contribution in [3.63, 3.8) is 0 Å². The molecule has 2 heterocycles. The van der Waals surface area contributed by atoms with Gasteiger partial charge in [0.15, 0.2) is 5.67 Å². The molecule has 1 saturated heterocycles. The Balaban J connectivity index is 1.55. The first-order chi connectivity index (χ1) is 12.4. The normalized spacial score (nSPS) is 22.3. The molecule has 2 aliphatic rings. The Morgan fingerprint density at radius 1 is 1.19 bits per heavy atom. The number of amides is 1. The molecule has 2 aromatic rings. The molecule has 1 unspecified atom stereocenters. The summed E-state index contributed by atoms with van der Waals surface area (Å²) in [5.41, 5.74) is 2.08. The summed E-state index contributed by atoms with van der Waals surface area (Å²) >= 11 is 0. The van der Waals surface area contributed by atoms with Gasteiger partial charge in [0.1, 0.15) is 5.82 Å². The van der Waals surface area contributed by atoms with E-state index in [1.165, 1.54) is 17.0 Å². The number of ether oxygens (including phenoxy) is 1. The minimum atomic E-state index is -1.70. The number of benzene rings is 2. The number of halogens is 2. The predicted octanol–water partition coefficient (Wildman–Crippen LogP) is 3.92. The zero-order valence-electron chi connectivity index (χ0n) is 14.7. The van der Waals surface area contributed by atoms with Crippen LogP contribution in [-0.4, -0.2) is 30.5 Å². The highest BCUT2D eigenvalue weighted by Gasteiger charge is 2.42. The molecule has 0 aliphatic carbocycles. The number of fused-ring (bicyclic) bond motifs is 1. The largest absolute Gasteiger partial charge is 0.376 e. The van der Waals surface area contributed by atoms with Gasteiger partial charge in [-0.15, -0.1) is 0 Å². The van der Waals surface area contributed by atoms with Gasteiger partial charge in [0.2, 0.25) is 0 Å². The molecule has 0 radical (unpaired) electrons. The van der Waals surface area contributed by atoms with Crippen molar-refractivity contribution in [1.29, 1.82) is 0 Å². The van der Waals surface area contributed by atoms with Gasteiger partial charge < -0.3 is 9.64 Å². The van der Waals surface area contributed by atoms with Crippen LogP contribution in [0, 0.1) is 12.7 Å². The van der Waals surface area contributed by atoms with E-state index in [2.05, 4.69) is 0 Å². The number of carbonyl (C=O) groups is 1. The molecule has 2 aliphatic heterocycles. The number of alkyl halides is 1. The second kappa shape index (κ2) is 6.47. The van der Waals surface area contributed by atoms with Crippen LogP contribution in [0.3, 0.4) is 0 Å². The number of aryl methyl sites for hydroxylation is 1. The lowest BCUT2D eigenvalue weighted by molar-refractivity contribution is 0.0749. The lowest BCUT2D eigenvalue weighted by Crippen LogP contribution is -2.32. The molecule has 0 spiro atoms. The highest BCUT2D eigenvalue weighted by atomic mass is 19.1. The van der Waals surface area contributed by atoms with Gasteiger partial charge in [-0.2, -0.15) is 0 Å². The van der Waals surface area contributed by atoms with Crippen molar-refractivity contribution in [1.82, 2.24) is 4.90 Å². The number of rotatable bonds is 2. The summed E-state index contributed by atoms with van der Waals surface area (Å²) in [5.74, 6) is -0.620. The van der Waals surface area contributed by atoms with Crippen LogP contribution in [0.15, 0.2) is 36.4 Å². The van der Waals surface area contributed by atoms with Crippen LogP contribution in [0.2, 0.25) is 0 Å². The Hall–Kier alpha value is -2.27. The fourth-order valence-electron chi connectivity index (χ4n) is 3.86. The molecule has 1 atom stereocenters. The molecule has 0 bridgehead atoms. The molecule has 1 fully saturated rings. The van der Waals surface area contributed by atoms with E-state index in [0.29, 0.717) is 36.4 Å². The summed E-state index contributed by atoms with van der Waals surface area (Å²) in [7, 11) is 0. The van der Waals surface area contributed by atoms with E-state index in [1.807, 2.05) is 12.1 Å². The van der Waals surface area contributed by atoms with Gasteiger partial charge in [0.05, 0.1) is 19.8 Å². The summed E-state index contributed by atoms with van der Waals surface area (Å²) in [6.07, 6.45) is 0.965. The average molecular weight is 357 g/mol. The fourth-order valence-corrected chi connectivity index (χ4v) is 3.86. The summed E-state index contributed by atoms with van der Waals surface area (Å²) in [6.45, 7) is 3.24. The number of carbonyl (C=O) groups excluding carboxylic acids is 1. The standard InChI is InChI=1S/C21H21F2NO2/c1-14-8-18(11-19(22)9-14)21(23)5-6-24(13-21)20(25)16-2-3-17-12-26-7-4-15(17)10-16/h2-3,8-11H,4-7,12-13H2,1H3. The minimum Gasteiger partial charge on any atom is -0.376 e. The Bertz CT molecular complexity index is 847. The van der Waals surface area contributed by atoms with Crippen molar-refractivity contribution < 1.29 is 18.3 Å². The Morgan fingerprint density at radius 3 is 2.85 bits per heavy atom. The van der Waals surface area contributed by atoms with Crippen molar-refractivity contribution in [2.24, 2.45) is 0 Å². The van der Waals surface area contributed by atoms with Gasteiger partial charge in [0, 0.05) is 18.5 Å². The fraction of sp³-hybridized carbons (Fsp3) is 0.381. The summed E-state index contributed by atoms with van der Waals surface area (Å²) in [4.78, 5) is 14.4. The third-order valence-corrected chi connectivity index (χ3v) is 5.29. The zero-order valence-corrected chi connectivity index (χ0v) is 14.7. The molecule has 1 amide bonds. The van der Waals surface area contributed by atoms with Gasteiger partial charge >= 0.3 is 0 Å². The van der Waals surface area contributed by atoms with Crippen LogP contribution in [-0.2, 0) is 23.4 Å². The van der Waals surface area contributed by atoms with Crippen molar-refractivity contribution in [3.8, 4) is 0 Å². The Kier molecular flexibility index (Phi) is 4.27. The molecule has 4 rings (SSSR count). The summed E-state index contributed by atoms with van der Waals surface area (Å²) in [5, 5.41) is 0. The van der Waals surface area contributed by atoms with Gasteiger partial charge in [-0.25, -0.2) is 8.78 Å². The second-order valence-corrected chi connectivity index (χ2v) is 7.25. The maximum Gasteiger partial charge on any atom is 0.253 e. The van der Waals surface area contributed by atoms with E-state index in [-0.39, 0.29) is 18.9 Å². The number of nitrogens with zero attached hydrogens (tertiary/aromatic N) is 1. The van der Waals surface area contributed by atoms with E-state index in [4.69, 9.17) is 4.74 Å². The van der Waals surface area contributed by atoms with Crippen LogP contribution in [0.5, 0.6) is 0 Å². The predicted molar refractivity (Wildman–Crippen MR) is 94.2 cm³/mol. The highest BCUT2D eigenvalue weighted by Crippen LogP contribution is 2.37. The molecule has 5 heteroatoms.